The molecule has 1 unspecified atom stereocenters. The SMILES string of the molecule is CCNC(CCCOCC)c1sccc1C. The lowest BCUT2D eigenvalue weighted by molar-refractivity contribution is 0.141. The second-order valence-electron chi connectivity index (χ2n) is 3.92. The lowest BCUT2D eigenvalue weighted by atomic mass is 10.1. The van der Waals surface area contributed by atoms with E-state index in [0.717, 1.165) is 32.6 Å². The maximum Gasteiger partial charge on any atom is 0.0466 e. The van der Waals surface area contributed by atoms with Crippen LogP contribution >= 0.6 is 11.3 Å². The van der Waals surface area contributed by atoms with Gasteiger partial charge in [-0.3, -0.25) is 0 Å². The first-order valence-corrected chi connectivity index (χ1v) is 7.02. The summed E-state index contributed by atoms with van der Waals surface area (Å²) in [5.74, 6) is 0. The summed E-state index contributed by atoms with van der Waals surface area (Å²) >= 11 is 1.86. The van der Waals surface area contributed by atoms with Crippen molar-refractivity contribution in [1.29, 1.82) is 0 Å². The van der Waals surface area contributed by atoms with Gasteiger partial charge in [0, 0.05) is 24.1 Å². The van der Waals surface area contributed by atoms with Crippen molar-refractivity contribution in [3.8, 4) is 0 Å². The normalized spacial score (nSPS) is 12.9. The summed E-state index contributed by atoms with van der Waals surface area (Å²) in [5, 5.41) is 5.74. The molecule has 0 amide bonds. The average Bonchev–Trinajstić information content (AvgIpc) is 2.69. The highest BCUT2D eigenvalue weighted by Crippen LogP contribution is 2.27. The van der Waals surface area contributed by atoms with E-state index in [2.05, 4.69) is 30.6 Å². The van der Waals surface area contributed by atoms with E-state index >= 15 is 0 Å². The van der Waals surface area contributed by atoms with E-state index in [1.54, 1.807) is 0 Å². The highest BCUT2D eigenvalue weighted by atomic mass is 32.1. The van der Waals surface area contributed by atoms with Crippen LogP contribution < -0.4 is 5.32 Å². The Morgan fingerprint density at radius 1 is 1.44 bits per heavy atom. The molecular formula is C13H23NOS. The zero-order chi connectivity index (χ0) is 11.8. The predicted octanol–water partition coefficient (Wildman–Crippen LogP) is 3.52. The van der Waals surface area contributed by atoms with Crippen molar-refractivity contribution in [2.75, 3.05) is 19.8 Å². The fourth-order valence-corrected chi connectivity index (χ4v) is 2.89. The van der Waals surface area contributed by atoms with Crippen molar-refractivity contribution >= 4 is 11.3 Å². The van der Waals surface area contributed by atoms with Crippen LogP contribution in [0.1, 0.15) is 43.2 Å². The first-order valence-electron chi connectivity index (χ1n) is 6.14. The number of rotatable bonds is 8. The second kappa shape index (κ2) is 7.82. The minimum Gasteiger partial charge on any atom is -0.382 e. The summed E-state index contributed by atoms with van der Waals surface area (Å²) < 4.78 is 5.39. The van der Waals surface area contributed by atoms with Crippen LogP contribution in [0, 0.1) is 6.92 Å². The molecule has 1 heterocycles. The van der Waals surface area contributed by atoms with Gasteiger partial charge in [0.05, 0.1) is 0 Å². The minimum absolute atomic E-state index is 0.505. The molecule has 1 aromatic heterocycles. The lowest BCUT2D eigenvalue weighted by Gasteiger charge is -2.17. The third-order valence-electron chi connectivity index (χ3n) is 2.65. The molecule has 0 bridgehead atoms. The molecule has 1 N–H and O–H groups in total. The van der Waals surface area contributed by atoms with Gasteiger partial charge in [-0.1, -0.05) is 6.92 Å². The van der Waals surface area contributed by atoms with E-state index in [1.165, 1.54) is 10.4 Å². The predicted molar refractivity (Wildman–Crippen MR) is 71.2 cm³/mol. The molecule has 0 aliphatic carbocycles. The minimum atomic E-state index is 0.505. The third-order valence-corrected chi connectivity index (χ3v) is 3.79. The van der Waals surface area contributed by atoms with Gasteiger partial charge < -0.3 is 10.1 Å². The van der Waals surface area contributed by atoms with Crippen molar-refractivity contribution in [2.24, 2.45) is 0 Å². The smallest absolute Gasteiger partial charge is 0.0466 e. The molecule has 0 saturated carbocycles. The summed E-state index contributed by atoms with van der Waals surface area (Å²) in [6, 6.07) is 2.71. The van der Waals surface area contributed by atoms with Gasteiger partial charge in [0.25, 0.3) is 0 Å². The fraction of sp³-hybridized carbons (Fsp3) is 0.692. The van der Waals surface area contributed by atoms with E-state index in [9.17, 15) is 0 Å². The van der Waals surface area contributed by atoms with Crippen LogP contribution in [0.3, 0.4) is 0 Å². The Balaban J connectivity index is 2.45. The summed E-state index contributed by atoms with van der Waals surface area (Å²) in [5.41, 5.74) is 1.41. The summed E-state index contributed by atoms with van der Waals surface area (Å²) in [6.45, 7) is 9.13. The number of thiophene rings is 1. The number of aryl methyl sites for hydroxylation is 1. The Bertz CT molecular complexity index is 285. The third kappa shape index (κ3) is 4.24. The van der Waals surface area contributed by atoms with Gasteiger partial charge in [-0.05, 0) is 50.2 Å². The number of ether oxygens (including phenoxy) is 1. The molecule has 0 aliphatic rings. The second-order valence-corrected chi connectivity index (χ2v) is 4.86. The van der Waals surface area contributed by atoms with Gasteiger partial charge in [-0.2, -0.15) is 0 Å². The molecule has 1 aromatic rings. The topological polar surface area (TPSA) is 21.3 Å². The van der Waals surface area contributed by atoms with E-state index in [1.807, 2.05) is 18.3 Å². The molecule has 0 spiro atoms. The zero-order valence-corrected chi connectivity index (χ0v) is 11.4. The van der Waals surface area contributed by atoms with Crippen molar-refractivity contribution in [1.82, 2.24) is 5.32 Å². The van der Waals surface area contributed by atoms with Crippen LogP contribution in [0.4, 0.5) is 0 Å². The largest absolute Gasteiger partial charge is 0.382 e. The monoisotopic (exact) mass is 241 g/mol. The molecule has 0 saturated heterocycles. The lowest BCUT2D eigenvalue weighted by Crippen LogP contribution is -2.21. The van der Waals surface area contributed by atoms with Gasteiger partial charge in [0.2, 0.25) is 0 Å². The summed E-state index contributed by atoms with van der Waals surface area (Å²) in [7, 11) is 0. The van der Waals surface area contributed by atoms with E-state index < -0.39 is 0 Å². The van der Waals surface area contributed by atoms with Crippen LogP contribution in [-0.2, 0) is 4.74 Å². The molecular weight excluding hydrogens is 218 g/mol. The molecule has 16 heavy (non-hydrogen) atoms. The molecule has 0 aliphatic heterocycles. The molecule has 0 fully saturated rings. The molecule has 92 valence electrons. The van der Waals surface area contributed by atoms with Crippen LogP contribution in [0.2, 0.25) is 0 Å². The van der Waals surface area contributed by atoms with Gasteiger partial charge in [-0.15, -0.1) is 11.3 Å². The Hall–Kier alpha value is -0.380. The van der Waals surface area contributed by atoms with Crippen molar-refractivity contribution in [2.45, 2.75) is 39.7 Å². The number of nitrogens with one attached hydrogen (secondary N) is 1. The molecule has 1 atom stereocenters. The first kappa shape index (κ1) is 13.7. The Kier molecular flexibility index (Phi) is 6.69. The standard InChI is InChI=1S/C13H23NOS/c1-4-14-12(7-6-9-15-5-2)13-11(3)8-10-16-13/h8,10,12,14H,4-7,9H2,1-3H3. The van der Waals surface area contributed by atoms with Gasteiger partial charge in [0.15, 0.2) is 0 Å². The highest BCUT2D eigenvalue weighted by Gasteiger charge is 2.13. The fourth-order valence-electron chi connectivity index (χ4n) is 1.85. The van der Waals surface area contributed by atoms with Crippen molar-refractivity contribution in [3.05, 3.63) is 21.9 Å². The maximum atomic E-state index is 5.39. The van der Waals surface area contributed by atoms with Gasteiger partial charge in [-0.25, -0.2) is 0 Å². The Morgan fingerprint density at radius 3 is 2.81 bits per heavy atom. The quantitative estimate of drug-likeness (QED) is 0.703. The Morgan fingerprint density at radius 2 is 2.25 bits per heavy atom. The van der Waals surface area contributed by atoms with Crippen LogP contribution in [0.15, 0.2) is 11.4 Å². The van der Waals surface area contributed by atoms with Crippen molar-refractivity contribution < 1.29 is 4.74 Å². The van der Waals surface area contributed by atoms with Crippen LogP contribution in [-0.4, -0.2) is 19.8 Å². The summed E-state index contributed by atoms with van der Waals surface area (Å²) in [4.78, 5) is 1.48. The molecule has 0 radical (unpaired) electrons. The Labute approximate surface area is 103 Å². The van der Waals surface area contributed by atoms with Crippen molar-refractivity contribution in [3.63, 3.8) is 0 Å². The molecule has 3 heteroatoms. The van der Waals surface area contributed by atoms with Gasteiger partial charge in [0.1, 0.15) is 0 Å². The number of hydrogen-bond donors (Lipinski definition) is 1. The van der Waals surface area contributed by atoms with E-state index in [0.29, 0.717) is 6.04 Å². The van der Waals surface area contributed by atoms with Crippen LogP contribution in [0.25, 0.3) is 0 Å². The number of hydrogen-bond acceptors (Lipinski definition) is 3. The maximum absolute atomic E-state index is 5.39. The first-order chi connectivity index (χ1) is 7.79. The molecule has 0 aromatic carbocycles. The zero-order valence-electron chi connectivity index (χ0n) is 10.6. The summed E-state index contributed by atoms with van der Waals surface area (Å²) in [6.07, 6.45) is 2.29. The highest BCUT2D eigenvalue weighted by molar-refractivity contribution is 7.10. The molecule has 1 rings (SSSR count). The molecule has 2 nitrogen and oxygen atoms in total. The average molecular weight is 241 g/mol. The van der Waals surface area contributed by atoms with Gasteiger partial charge >= 0.3 is 0 Å². The van der Waals surface area contributed by atoms with Crippen LogP contribution in [0.5, 0.6) is 0 Å². The van der Waals surface area contributed by atoms with E-state index in [4.69, 9.17) is 4.74 Å². The van der Waals surface area contributed by atoms with E-state index in [-0.39, 0.29) is 0 Å².